The molecule has 1 radical (unpaired) electrons. The molecule has 0 N–H and O–H groups in total. The molecule has 1 aliphatic rings. The maximum atomic E-state index is 10.2. The predicted octanol–water partition coefficient (Wildman–Crippen LogP) is -1.33. The molecule has 0 saturated carbocycles. The van der Waals surface area contributed by atoms with Gasteiger partial charge in [0.2, 0.25) is 0 Å². The maximum absolute atomic E-state index is 10.2. The summed E-state index contributed by atoms with van der Waals surface area (Å²) in [5, 5.41) is 3.08. The first-order valence-electron chi connectivity index (χ1n) is 2.14. The molecular formula is C4H4NO3. The van der Waals surface area contributed by atoms with E-state index in [9.17, 15) is 9.59 Å². The van der Waals surface area contributed by atoms with Gasteiger partial charge in [-0.1, -0.05) is 0 Å². The average Bonchev–Trinajstić information content (AvgIpc) is 1.64. The Bertz CT molecular complexity index is 117. The second kappa shape index (κ2) is 1.92. The Balaban J connectivity index is 2.45. The van der Waals surface area contributed by atoms with Crippen molar-refractivity contribution in [2.75, 3.05) is 13.2 Å². The van der Waals surface area contributed by atoms with Crippen molar-refractivity contribution in [3.05, 3.63) is 0 Å². The normalized spacial score (nSPS) is 20.5. The lowest BCUT2D eigenvalue weighted by molar-refractivity contribution is -0.142. The summed E-state index contributed by atoms with van der Waals surface area (Å²) in [4.78, 5) is 20.3. The number of morpholine rings is 1. The lowest BCUT2D eigenvalue weighted by atomic mass is 10.5. The van der Waals surface area contributed by atoms with E-state index >= 15 is 0 Å². The number of amides is 2. The first-order valence-corrected chi connectivity index (χ1v) is 2.14. The number of carbonyl (C=O) groups excluding carboxylic acids is 2. The molecule has 4 heteroatoms. The zero-order valence-corrected chi connectivity index (χ0v) is 4.09. The van der Waals surface area contributed by atoms with Crippen LogP contribution in [0.15, 0.2) is 0 Å². The second-order valence-electron chi connectivity index (χ2n) is 1.39. The van der Waals surface area contributed by atoms with E-state index < -0.39 is 11.8 Å². The molecule has 0 aliphatic carbocycles. The van der Waals surface area contributed by atoms with E-state index in [0.29, 0.717) is 0 Å². The number of hydrogen-bond acceptors (Lipinski definition) is 3. The van der Waals surface area contributed by atoms with Crippen molar-refractivity contribution in [2.24, 2.45) is 0 Å². The number of nitrogens with zero attached hydrogens (tertiary/aromatic N) is 1. The number of rotatable bonds is 0. The summed E-state index contributed by atoms with van der Waals surface area (Å²) in [6.45, 7) is -0.0997. The Hall–Kier alpha value is -0.900. The fourth-order valence-electron chi connectivity index (χ4n) is 0.429. The Morgan fingerprint density at radius 2 is 1.75 bits per heavy atom. The molecule has 0 atom stereocenters. The molecule has 1 heterocycles. The molecule has 43 valence electrons. The lowest BCUT2D eigenvalue weighted by Crippen LogP contribution is -2.35. The van der Waals surface area contributed by atoms with Crippen LogP contribution < -0.4 is 5.32 Å². The highest BCUT2D eigenvalue weighted by Crippen LogP contribution is 1.84. The van der Waals surface area contributed by atoms with Gasteiger partial charge < -0.3 is 4.74 Å². The van der Waals surface area contributed by atoms with Gasteiger partial charge in [-0.15, -0.1) is 0 Å². The summed E-state index contributed by atoms with van der Waals surface area (Å²) in [7, 11) is 0. The quantitative estimate of drug-likeness (QED) is 0.367. The maximum Gasteiger partial charge on any atom is 0.274 e. The van der Waals surface area contributed by atoms with Crippen molar-refractivity contribution in [3.63, 3.8) is 0 Å². The van der Waals surface area contributed by atoms with Gasteiger partial charge in [0.1, 0.15) is 13.2 Å². The highest BCUT2D eigenvalue weighted by atomic mass is 16.5. The van der Waals surface area contributed by atoms with Crippen LogP contribution in [0.4, 0.5) is 0 Å². The van der Waals surface area contributed by atoms with E-state index in [2.05, 4.69) is 10.1 Å². The Kier molecular flexibility index (Phi) is 1.26. The molecule has 1 aliphatic heterocycles. The fraction of sp³-hybridized carbons (Fsp3) is 0.500. The van der Waals surface area contributed by atoms with E-state index in [0.717, 1.165) is 0 Å². The monoisotopic (exact) mass is 114 g/mol. The average molecular weight is 114 g/mol. The third-order valence-corrected chi connectivity index (χ3v) is 0.700. The van der Waals surface area contributed by atoms with Crippen molar-refractivity contribution >= 4 is 11.8 Å². The summed E-state index contributed by atoms with van der Waals surface area (Å²) in [5.74, 6) is -0.970. The number of imide groups is 1. The molecule has 1 saturated heterocycles. The predicted molar refractivity (Wildman–Crippen MR) is 23.0 cm³/mol. The van der Waals surface area contributed by atoms with Gasteiger partial charge in [-0.2, -0.15) is 5.32 Å². The topological polar surface area (TPSA) is 57.5 Å². The van der Waals surface area contributed by atoms with Crippen LogP contribution in [-0.4, -0.2) is 25.0 Å². The van der Waals surface area contributed by atoms with Gasteiger partial charge in [0, 0.05) is 0 Å². The molecule has 1 rings (SSSR count). The molecule has 0 aromatic heterocycles. The highest BCUT2D eigenvalue weighted by Gasteiger charge is 2.16. The minimum atomic E-state index is -0.485. The second-order valence-corrected chi connectivity index (χ2v) is 1.39. The van der Waals surface area contributed by atoms with E-state index in [1.165, 1.54) is 0 Å². The summed E-state index contributed by atoms with van der Waals surface area (Å²) in [6, 6.07) is 0. The Morgan fingerprint density at radius 3 is 2.00 bits per heavy atom. The minimum Gasteiger partial charge on any atom is -0.362 e. The van der Waals surface area contributed by atoms with Crippen LogP contribution >= 0.6 is 0 Å². The van der Waals surface area contributed by atoms with Crippen molar-refractivity contribution in [2.45, 2.75) is 0 Å². The largest absolute Gasteiger partial charge is 0.362 e. The zero-order chi connectivity index (χ0) is 5.98. The van der Waals surface area contributed by atoms with Crippen LogP contribution in [0.3, 0.4) is 0 Å². The van der Waals surface area contributed by atoms with Gasteiger partial charge in [-0.25, -0.2) is 0 Å². The first kappa shape index (κ1) is 5.24. The van der Waals surface area contributed by atoms with Crippen LogP contribution in [0.25, 0.3) is 0 Å². The smallest absolute Gasteiger partial charge is 0.274 e. The van der Waals surface area contributed by atoms with Crippen molar-refractivity contribution in [1.82, 2.24) is 5.32 Å². The number of carbonyl (C=O) groups is 2. The van der Waals surface area contributed by atoms with Gasteiger partial charge in [0.05, 0.1) is 0 Å². The zero-order valence-electron chi connectivity index (χ0n) is 4.09. The van der Waals surface area contributed by atoms with Crippen LogP contribution in [-0.2, 0) is 14.3 Å². The SMILES string of the molecule is O=C1COCC(=O)[N]1. The first-order chi connectivity index (χ1) is 3.79. The van der Waals surface area contributed by atoms with Crippen molar-refractivity contribution in [3.8, 4) is 0 Å². The lowest BCUT2D eigenvalue weighted by Gasteiger charge is -2.06. The molecule has 0 aromatic rings. The van der Waals surface area contributed by atoms with Gasteiger partial charge in [0.15, 0.2) is 0 Å². The Morgan fingerprint density at radius 1 is 1.25 bits per heavy atom. The third kappa shape index (κ3) is 1.04. The molecule has 0 unspecified atom stereocenters. The van der Waals surface area contributed by atoms with E-state index in [1.807, 2.05) is 0 Å². The molecule has 0 aromatic carbocycles. The summed E-state index contributed by atoms with van der Waals surface area (Å²) < 4.78 is 4.50. The number of hydrogen-bond donors (Lipinski definition) is 0. The molecule has 8 heavy (non-hydrogen) atoms. The van der Waals surface area contributed by atoms with E-state index in [4.69, 9.17) is 0 Å². The molecular weight excluding hydrogens is 110 g/mol. The van der Waals surface area contributed by atoms with Crippen LogP contribution in [0.5, 0.6) is 0 Å². The summed E-state index contributed by atoms with van der Waals surface area (Å²) in [5.41, 5.74) is 0. The van der Waals surface area contributed by atoms with Crippen LogP contribution in [0.2, 0.25) is 0 Å². The van der Waals surface area contributed by atoms with Crippen LogP contribution in [0, 0.1) is 0 Å². The Labute approximate surface area is 45.8 Å². The van der Waals surface area contributed by atoms with Gasteiger partial charge >= 0.3 is 0 Å². The van der Waals surface area contributed by atoms with E-state index in [1.54, 1.807) is 0 Å². The molecule has 4 nitrogen and oxygen atoms in total. The van der Waals surface area contributed by atoms with Crippen molar-refractivity contribution in [1.29, 1.82) is 0 Å². The molecule has 1 fully saturated rings. The summed E-state index contributed by atoms with van der Waals surface area (Å²) in [6.07, 6.45) is 0. The van der Waals surface area contributed by atoms with Gasteiger partial charge in [-0.3, -0.25) is 9.59 Å². The van der Waals surface area contributed by atoms with Crippen molar-refractivity contribution < 1.29 is 14.3 Å². The van der Waals surface area contributed by atoms with Gasteiger partial charge in [-0.05, 0) is 0 Å². The molecule has 0 bridgehead atoms. The highest BCUT2D eigenvalue weighted by molar-refractivity contribution is 5.97. The van der Waals surface area contributed by atoms with E-state index in [-0.39, 0.29) is 13.2 Å². The van der Waals surface area contributed by atoms with Gasteiger partial charge in [0.25, 0.3) is 11.8 Å². The summed E-state index contributed by atoms with van der Waals surface area (Å²) >= 11 is 0. The molecule has 2 amide bonds. The standard InChI is InChI=1S/C4H4NO3/c6-3-1-8-2-4(7)5-3/h1-2H2. The van der Waals surface area contributed by atoms with Crippen LogP contribution in [0.1, 0.15) is 0 Å². The minimum absolute atomic E-state index is 0.0499. The third-order valence-electron chi connectivity index (χ3n) is 0.700. The number of ether oxygens (including phenoxy) is 1. The fourth-order valence-corrected chi connectivity index (χ4v) is 0.429. The molecule has 0 spiro atoms.